The Morgan fingerprint density at radius 2 is 2.18 bits per heavy atom. The van der Waals surface area contributed by atoms with Gasteiger partial charge in [0, 0.05) is 18.6 Å². The van der Waals surface area contributed by atoms with Gasteiger partial charge in [-0.2, -0.15) is 0 Å². The number of hydrogen-bond acceptors (Lipinski definition) is 2. The number of hydrogen-bond donors (Lipinski definition) is 1. The van der Waals surface area contributed by atoms with Crippen molar-refractivity contribution in [3.8, 4) is 0 Å². The fourth-order valence-corrected chi connectivity index (χ4v) is 2.05. The highest BCUT2D eigenvalue weighted by molar-refractivity contribution is 14.1. The molecule has 0 aliphatic heterocycles. The Morgan fingerprint density at radius 1 is 1.45 bits per heavy atom. The summed E-state index contributed by atoms with van der Waals surface area (Å²) in [7, 11) is 0. The molecule has 0 saturated carbocycles. The van der Waals surface area contributed by atoms with Crippen LogP contribution in [0.25, 0.3) is 0 Å². The zero-order valence-corrected chi connectivity index (χ0v) is 8.43. The summed E-state index contributed by atoms with van der Waals surface area (Å²) >= 11 is 2.23. The van der Waals surface area contributed by atoms with Gasteiger partial charge >= 0.3 is 0 Å². The molecule has 0 saturated heterocycles. The molecule has 0 aromatic rings. The Balaban J connectivity index is 2.53. The summed E-state index contributed by atoms with van der Waals surface area (Å²) in [4.78, 5) is 11.1. The smallest absolute Gasteiger partial charge is 0.159 e. The van der Waals surface area contributed by atoms with Gasteiger partial charge in [0.05, 0.1) is 0 Å². The maximum atomic E-state index is 11.1. The first-order valence-electron chi connectivity index (χ1n) is 3.77. The molecule has 0 bridgehead atoms. The van der Waals surface area contributed by atoms with E-state index in [1.165, 1.54) is 3.58 Å². The van der Waals surface area contributed by atoms with Crippen LogP contribution < -0.4 is 0 Å². The summed E-state index contributed by atoms with van der Waals surface area (Å²) in [6, 6.07) is 0. The zero-order chi connectivity index (χ0) is 8.27. The van der Waals surface area contributed by atoms with Gasteiger partial charge in [0.2, 0.25) is 0 Å². The van der Waals surface area contributed by atoms with Crippen LogP contribution in [-0.4, -0.2) is 17.5 Å². The van der Waals surface area contributed by atoms with Crippen LogP contribution in [0.5, 0.6) is 0 Å². The van der Waals surface area contributed by atoms with Crippen LogP contribution in [0, 0.1) is 0 Å². The molecule has 62 valence electrons. The lowest BCUT2D eigenvalue weighted by atomic mass is 10.1. The largest absolute Gasteiger partial charge is 0.396 e. The van der Waals surface area contributed by atoms with E-state index >= 15 is 0 Å². The average Bonchev–Trinajstić information content (AvgIpc) is 2.29. The van der Waals surface area contributed by atoms with Gasteiger partial charge in [0.1, 0.15) is 0 Å². The second kappa shape index (κ2) is 4.21. The molecule has 1 aliphatic carbocycles. The van der Waals surface area contributed by atoms with E-state index in [-0.39, 0.29) is 12.4 Å². The molecule has 0 spiro atoms. The van der Waals surface area contributed by atoms with Gasteiger partial charge in [-0.25, -0.2) is 0 Å². The van der Waals surface area contributed by atoms with Gasteiger partial charge in [0.15, 0.2) is 5.78 Å². The predicted molar refractivity (Wildman–Crippen MR) is 51.6 cm³/mol. The highest BCUT2D eigenvalue weighted by Crippen LogP contribution is 2.30. The van der Waals surface area contributed by atoms with E-state index in [4.69, 9.17) is 5.11 Å². The van der Waals surface area contributed by atoms with Crippen molar-refractivity contribution in [2.75, 3.05) is 6.61 Å². The van der Waals surface area contributed by atoms with Crippen LogP contribution >= 0.6 is 22.6 Å². The standard InChI is InChI=1S/C8H11IO2/c9-7-3-4-8(11)6(7)2-1-5-10/h10H,1-5H2. The van der Waals surface area contributed by atoms with Gasteiger partial charge in [-0.3, -0.25) is 4.79 Å². The number of rotatable bonds is 3. The third-order valence-corrected chi connectivity index (χ3v) is 3.01. The molecule has 1 aliphatic rings. The molecule has 0 unspecified atom stereocenters. The van der Waals surface area contributed by atoms with Crippen molar-refractivity contribution in [2.24, 2.45) is 0 Å². The van der Waals surface area contributed by atoms with Crippen molar-refractivity contribution in [3.63, 3.8) is 0 Å². The number of halogens is 1. The van der Waals surface area contributed by atoms with Crippen LogP contribution in [0.2, 0.25) is 0 Å². The Kier molecular flexibility index (Phi) is 3.51. The molecule has 0 amide bonds. The molecule has 2 nitrogen and oxygen atoms in total. The second-order valence-corrected chi connectivity index (χ2v) is 3.94. The Hall–Kier alpha value is 0.1000. The van der Waals surface area contributed by atoms with Crippen LogP contribution in [0.4, 0.5) is 0 Å². The van der Waals surface area contributed by atoms with Crippen LogP contribution in [0.1, 0.15) is 25.7 Å². The maximum absolute atomic E-state index is 11.1. The van der Waals surface area contributed by atoms with E-state index in [1.54, 1.807) is 0 Å². The summed E-state index contributed by atoms with van der Waals surface area (Å²) in [5.74, 6) is 0.280. The fourth-order valence-electron chi connectivity index (χ4n) is 1.21. The minimum absolute atomic E-state index is 0.181. The highest BCUT2D eigenvalue weighted by Gasteiger charge is 2.19. The molecule has 0 aromatic carbocycles. The number of aliphatic hydroxyl groups excluding tert-OH is 1. The van der Waals surface area contributed by atoms with E-state index in [2.05, 4.69) is 22.6 Å². The van der Waals surface area contributed by atoms with Gasteiger partial charge in [-0.15, -0.1) is 0 Å². The summed E-state index contributed by atoms with van der Waals surface area (Å²) in [6.45, 7) is 0.181. The Morgan fingerprint density at radius 3 is 2.64 bits per heavy atom. The normalized spacial score (nSPS) is 18.2. The van der Waals surface area contributed by atoms with Gasteiger partial charge in [-0.1, -0.05) is 0 Å². The van der Waals surface area contributed by atoms with Crippen molar-refractivity contribution >= 4 is 28.4 Å². The van der Waals surface area contributed by atoms with Crippen LogP contribution in [0.3, 0.4) is 0 Å². The first-order chi connectivity index (χ1) is 5.25. The average molecular weight is 266 g/mol. The molecule has 0 heterocycles. The number of Topliss-reactive ketones (excluding diaryl/α,β-unsaturated/α-hetero) is 1. The van der Waals surface area contributed by atoms with Crippen molar-refractivity contribution in [3.05, 3.63) is 9.15 Å². The van der Waals surface area contributed by atoms with Gasteiger partial charge < -0.3 is 5.11 Å². The Labute approximate surface area is 79.8 Å². The molecule has 0 atom stereocenters. The van der Waals surface area contributed by atoms with Crippen molar-refractivity contribution in [1.29, 1.82) is 0 Å². The summed E-state index contributed by atoms with van der Waals surface area (Å²) in [5, 5.41) is 8.56. The minimum atomic E-state index is 0.181. The number of aliphatic hydroxyl groups is 1. The number of ketones is 1. The first kappa shape index (κ1) is 9.19. The lowest BCUT2D eigenvalue weighted by molar-refractivity contribution is -0.115. The van der Waals surface area contributed by atoms with E-state index in [9.17, 15) is 4.79 Å². The SMILES string of the molecule is O=C1CCC(I)=C1CCCO. The fraction of sp³-hybridized carbons (Fsp3) is 0.625. The van der Waals surface area contributed by atoms with Gasteiger partial charge in [0.25, 0.3) is 0 Å². The second-order valence-electron chi connectivity index (χ2n) is 2.63. The zero-order valence-electron chi connectivity index (χ0n) is 6.27. The molecule has 11 heavy (non-hydrogen) atoms. The lowest BCUT2D eigenvalue weighted by Crippen LogP contribution is -1.97. The first-order valence-corrected chi connectivity index (χ1v) is 4.85. The molecule has 1 N–H and O–H groups in total. The molecule has 1 rings (SSSR count). The van der Waals surface area contributed by atoms with E-state index in [0.717, 1.165) is 18.4 Å². The number of carbonyl (C=O) groups excluding carboxylic acids is 1. The molecule has 3 heteroatoms. The maximum Gasteiger partial charge on any atom is 0.159 e. The number of allylic oxidation sites excluding steroid dienone is 2. The minimum Gasteiger partial charge on any atom is -0.396 e. The lowest BCUT2D eigenvalue weighted by Gasteiger charge is -1.98. The molecular weight excluding hydrogens is 255 g/mol. The summed E-state index contributed by atoms with van der Waals surface area (Å²) in [5.41, 5.74) is 0.958. The molecular formula is C8H11IO2. The molecule has 0 radical (unpaired) electrons. The molecule has 0 aromatic heterocycles. The third-order valence-electron chi connectivity index (χ3n) is 1.82. The van der Waals surface area contributed by atoms with Crippen molar-refractivity contribution in [2.45, 2.75) is 25.7 Å². The molecule has 0 fully saturated rings. The van der Waals surface area contributed by atoms with Crippen molar-refractivity contribution < 1.29 is 9.90 Å². The third kappa shape index (κ3) is 2.27. The van der Waals surface area contributed by atoms with Gasteiger partial charge in [-0.05, 0) is 45.4 Å². The van der Waals surface area contributed by atoms with Crippen LogP contribution in [0.15, 0.2) is 9.15 Å². The van der Waals surface area contributed by atoms with E-state index in [0.29, 0.717) is 12.8 Å². The highest BCUT2D eigenvalue weighted by atomic mass is 127. The van der Waals surface area contributed by atoms with Crippen LogP contribution in [-0.2, 0) is 4.79 Å². The van der Waals surface area contributed by atoms with E-state index < -0.39 is 0 Å². The van der Waals surface area contributed by atoms with Crippen molar-refractivity contribution in [1.82, 2.24) is 0 Å². The quantitative estimate of drug-likeness (QED) is 0.791. The summed E-state index contributed by atoms with van der Waals surface area (Å²) < 4.78 is 1.20. The predicted octanol–water partition coefficient (Wildman–Crippen LogP) is 1.81. The monoisotopic (exact) mass is 266 g/mol. The Bertz CT molecular complexity index is 196. The number of carbonyl (C=O) groups is 1. The topological polar surface area (TPSA) is 37.3 Å². The van der Waals surface area contributed by atoms with E-state index in [1.807, 2.05) is 0 Å². The summed E-state index contributed by atoms with van der Waals surface area (Å²) in [6.07, 6.45) is 3.07.